The molecule has 8 nitrogen and oxygen atoms in total. The van der Waals surface area contributed by atoms with Gasteiger partial charge < -0.3 is 15.9 Å². The zero-order valence-corrected chi connectivity index (χ0v) is 12.8. The Labute approximate surface area is 141 Å². The lowest BCUT2D eigenvalue weighted by atomic mass is 10.1. The molecular formula is C17H12N6O2. The highest BCUT2D eigenvalue weighted by Gasteiger charge is 2.15. The number of carboxylic acids is 1. The van der Waals surface area contributed by atoms with Gasteiger partial charge in [0.1, 0.15) is 11.2 Å². The molecule has 0 spiro atoms. The van der Waals surface area contributed by atoms with Gasteiger partial charge in [-0.2, -0.15) is 5.10 Å². The van der Waals surface area contributed by atoms with Crippen molar-refractivity contribution in [2.75, 3.05) is 0 Å². The molecule has 0 bridgehead atoms. The molecule has 0 amide bonds. The molecule has 2 aromatic heterocycles. The van der Waals surface area contributed by atoms with Crippen LogP contribution in [0.2, 0.25) is 0 Å². The highest BCUT2D eigenvalue weighted by atomic mass is 16.4. The first-order chi connectivity index (χ1) is 12.2. The maximum atomic E-state index is 11.0. The Morgan fingerprint density at radius 1 is 1.04 bits per heavy atom. The van der Waals surface area contributed by atoms with E-state index in [1.807, 2.05) is 24.3 Å². The fourth-order valence-electron chi connectivity index (χ4n) is 2.65. The van der Waals surface area contributed by atoms with Gasteiger partial charge in [-0.3, -0.25) is 0 Å². The third-order valence-corrected chi connectivity index (χ3v) is 3.87. The summed E-state index contributed by atoms with van der Waals surface area (Å²) in [6.45, 7) is 0. The third-order valence-electron chi connectivity index (χ3n) is 3.87. The van der Waals surface area contributed by atoms with E-state index in [2.05, 4.69) is 25.3 Å². The minimum atomic E-state index is -1.00. The second-order valence-electron chi connectivity index (χ2n) is 5.36. The normalized spacial score (nSPS) is 11.9. The Bertz CT molecular complexity index is 1130. The monoisotopic (exact) mass is 332 g/mol. The smallest absolute Gasteiger partial charge is 0.335 e. The number of nitrogens with two attached hydrogens (primary N) is 1. The Balaban J connectivity index is 1.81. The van der Waals surface area contributed by atoms with Crippen LogP contribution < -0.4 is 5.84 Å². The van der Waals surface area contributed by atoms with Crippen LogP contribution in [0.15, 0.2) is 53.6 Å². The van der Waals surface area contributed by atoms with E-state index >= 15 is 0 Å². The van der Waals surface area contributed by atoms with E-state index in [1.54, 1.807) is 12.1 Å². The maximum Gasteiger partial charge on any atom is 0.335 e. The first kappa shape index (κ1) is 14.8. The van der Waals surface area contributed by atoms with Gasteiger partial charge in [-0.15, -0.1) is 10.2 Å². The standard InChI is InChI=1S/C17H12N6O2/c18-21-13(9-5-7-10(8-6-9)17(24)25)16-20-15-14(22-23-16)11-3-1-2-4-12(11)19-15/h1-8H,18H2,(H,24,25)(H,19,20,23)/b21-13+. The SMILES string of the molecule is N/N=C(\c1ccc(C(=O)O)cc1)c1nnc2c(n1)[nH]c1ccccc12. The van der Waals surface area contributed by atoms with Gasteiger partial charge in [0.05, 0.1) is 5.56 Å². The van der Waals surface area contributed by atoms with Crippen LogP contribution in [0, 0.1) is 0 Å². The number of hydrogen-bond acceptors (Lipinski definition) is 6. The van der Waals surface area contributed by atoms with Gasteiger partial charge in [0.2, 0.25) is 5.82 Å². The lowest BCUT2D eigenvalue weighted by Gasteiger charge is -2.04. The number of aromatic nitrogens is 4. The number of aromatic carboxylic acids is 1. The summed E-state index contributed by atoms with van der Waals surface area (Å²) in [5.74, 6) is 4.76. The second-order valence-corrected chi connectivity index (χ2v) is 5.36. The molecule has 0 aliphatic carbocycles. The summed E-state index contributed by atoms with van der Waals surface area (Å²) >= 11 is 0. The lowest BCUT2D eigenvalue weighted by molar-refractivity contribution is 0.0697. The van der Waals surface area contributed by atoms with Crippen LogP contribution in [0.3, 0.4) is 0 Å². The number of para-hydroxylation sites is 1. The Morgan fingerprint density at radius 2 is 1.76 bits per heavy atom. The molecule has 2 heterocycles. The van der Waals surface area contributed by atoms with E-state index in [-0.39, 0.29) is 11.4 Å². The Morgan fingerprint density at radius 3 is 2.48 bits per heavy atom. The van der Waals surface area contributed by atoms with Gasteiger partial charge in [0.15, 0.2) is 5.65 Å². The van der Waals surface area contributed by atoms with Crippen LogP contribution in [0.25, 0.3) is 22.1 Å². The van der Waals surface area contributed by atoms with Gasteiger partial charge >= 0.3 is 5.97 Å². The number of carbonyl (C=O) groups is 1. The molecule has 25 heavy (non-hydrogen) atoms. The summed E-state index contributed by atoms with van der Waals surface area (Å²) in [7, 11) is 0. The number of nitrogens with zero attached hydrogens (tertiary/aromatic N) is 4. The van der Waals surface area contributed by atoms with Crippen LogP contribution in [0.5, 0.6) is 0 Å². The molecule has 0 saturated heterocycles. The molecule has 0 aliphatic rings. The molecule has 2 aromatic carbocycles. The van der Waals surface area contributed by atoms with E-state index < -0.39 is 5.97 Å². The van der Waals surface area contributed by atoms with Crippen molar-refractivity contribution in [2.45, 2.75) is 0 Å². The highest BCUT2D eigenvalue weighted by Crippen LogP contribution is 2.21. The Hall–Kier alpha value is -3.81. The minimum Gasteiger partial charge on any atom is -0.478 e. The molecule has 0 atom stereocenters. The molecular weight excluding hydrogens is 320 g/mol. The molecule has 0 radical (unpaired) electrons. The van der Waals surface area contributed by atoms with Crippen molar-refractivity contribution in [3.8, 4) is 0 Å². The Kier molecular flexibility index (Phi) is 3.35. The molecule has 0 unspecified atom stereocenters. The molecule has 8 heteroatoms. The van der Waals surface area contributed by atoms with Gasteiger partial charge in [-0.25, -0.2) is 9.78 Å². The second kappa shape index (κ2) is 5.68. The minimum absolute atomic E-state index is 0.172. The maximum absolute atomic E-state index is 11.0. The molecule has 0 aliphatic heterocycles. The first-order valence-corrected chi connectivity index (χ1v) is 7.40. The lowest BCUT2D eigenvalue weighted by Crippen LogP contribution is -2.12. The van der Waals surface area contributed by atoms with E-state index in [1.165, 1.54) is 12.1 Å². The van der Waals surface area contributed by atoms with Gasteiger partial charge in [0, 0.05) is 16.5 Å². The number of nitrogens with one attached hydrogen (secondary N) is 1. The number of benzene rings is 2. The zero-order chi connectivity index (χ0) is 17.4. The van der Waals surface area contributed by atoms with Crippen LogP contribution in [0.1, 0.15) is 21.7 Å². The van der Waals surface area contributed by atoms with Crippen LogP contribution in [-0.4, -0.2) is 37.0 Å². The van der Waals surface area contributed by atoms with Gasteiger partial charge in [-0.1, -0.05) is 30.3 Å². The van der Waals surface area contributed by atoms with Gasteiger partial charge in [-0.05, 0) is 18.2 Å². The first-order valence-electron chi connectivity index (χ1n) is 7.40. The average molecular weight is 332 g/mol. The molecule has 0 fully saturated rings. The summed E-state index contributed by atoms with van der Waals surface area (Å²) in [6.07, 6.45) is 0. The molecule has 4 N–H and O–H groups in total. The van der Waals surface area contributed by atoms with Crippen molar-refractivity contribution in [3.05, 3.63) is 65.5 Å². The van der Waals surface area contributed by atoms with Gasteiger partial charge in [0.25, 0.3) is 0 Å². The quantitative estimate of drug-likeness (QED) is 0.298. The summed E-state index contributed by atoms with van der Waals surface area (Å²) in [5.41, 5.74) is 3.25. The van der Waals surface area contributed by atoms with Crippen molar-refractivity contribution in [2.24, 2.45) is 10.9 Å². The fourth-order valence-corrected chi connectivity index (χ4v) is 2.65. The molecule has 4 rings (SSSR count). The van der Waals surface area contributed by atoms with E-state index in [0.717, 1.165) is 10.9 Å². The molecule has 0 saturated carbocycles. The predicted octanol–water partition coefficient (Wildman–Crippen LogP) is 1.92. The van der Waals surface area contributed by atoms with E-state index in [0.29, 0.717) is 22.4 Å². The van der Waals surface area contributed by atoms with Crippen LogP contribution in [-0.2, 0) is 0 Å². The number of H-pyrrole nitrogens is 1. The largest absolute Gasteiger partial charge is 0.478 e. The number of carboxylic acid groups (broad SMARTS) is 1. The zero-order valence-electron chi connectivity index (χ0n) is 12.8. The molecule has 122 valence electrons. The summed E-state index contributed by atoms with van der Waals surface area (Å²) in [4.78, 5) is 18.6. The van der Waals surface area contributed by atoms with Crippen molar-refractivity contribution in [1.82, 2.24) is 20.2 Å². The highest BCUT2D eigenvalue weighted by molar-refractivity contribution is 6.11. The average Bonchev–Trinajstić information content (AvgIpc) is 3.00. The van der Waals surface area contributed by atoms with Crippen LogP contribution in [0.4, 0.5) is 0 Å². The predicted molar refractivity (Wildman–Crippen MR) is 92.4 cm³/mol. The number of fused-ring (bicyclic) bond motifs is 3. The van der Waals surface area contributed by atoms with Crippen molar-refractivity contribution >= 4 is 33.7 Å². The third kappa shape index (κ3) is 2.45. The van der Waals surface area contributed by atoms with E-state index in [9.17, 15) is 4.79 Å². The number of aromatic amines is 1. The number of rotatable bonds is 3. The van der Waals surface area contributed by atoms with Crippen molar-refractivity contribution in [3.63, 3.8) is 0 Å². The molecule has 4 aromatic rings. The van der Waals surface area contributed by atoms with Crippen molar-refractivity contribution < 1.29 is 9.90 Å². The topological polar surface area (TPSA) is 130 Å². The van der Waals surface area contributed by atoms with E-state index in [4.69, 9.17) is 10.9 Å². The fraction of sp³-hybridized carbons (Fsp3) is 0. The summed E-state index contributed by atoms with van der Waals surface area (Å²) < 4.78 is 0. The van der Waals surface area contributed by atoms with Crippen LogP contribution >= 0.6 is 0 Å². The summed E-state index contributed by atoms with van der Waals surface area (Å²) in [6, 6.07) is 13.9. The van der Waals surface area contributed by atoms with Crippen molar-refractivity contribution in [1.29, 1.82) is 0 Å². The summed E-state index contributed by atoms with van der Waals surface area (Å²) in [5, 5.41) is 22.0. The number of hydrogen-bond donors (Lipinski definition) is 3. The number of hydrazone groups is 1.